The molecule has 0 spiro atoms. The van der Waals surface area contributed by atoms with Crippen molar-refractivity contribution in [3.05, 3.63) is 30.7 Å². The van der Waals surface area contributed by atoms with Gasteiger partial charge in [0.05, 0.1) is 11.8 Å². The van der Waals surface area contributed by atoms with Crippen LogP contribution in [0, 0.1) is 5.82 Å². The number of aromatic nitrogens is 3. The molecule has 0 bridgehead atoms. The Morgan fingerprint density at radius 1 is 1.42 bits per heavy atom. The van der Waals surface area contributed by atoms with E-state index in [9.17, 15) is 4.39 Å². The third kappa shape index (κ3) is 1.05. The van der Waals surface area contributed by atoms with Gasteiger partial charge < -0.3 is 4.42 Å². The molecule has 4 nitrogen and oxygen atoms in total. The standard InChI is InChI=1S/C7H4FN3O/c8-6-3-9-2-1-5(6)7-11-10-4-12-7/h1-4H. The zero-order chi connectivity index (χ0) is 8.39. The predicted molar refractivity (Wildman–Crippen MR) is 37.5 cm³/mol. The summed E-state index contributed by atoms with van der Waals surface area (Å²) in [6, 6.07) is 1.48. The molecule has 2 aromatic heterocycles. The van der Waals surface area contributed by atoms with Crippen LogP contribution in [0.3, 0.4) is 0 Å². The lowest BCUT2D eigenvalue weighted by Crippen LogP contribution is -1.85. The molecular formula is C7H4FN3O. The van der Waals surface area contributed by atoms with Crippen LogP contribution in [0.5, 0.6) is 0 Å². The largest absolute Gasteiger partial charge is 0.423 e. The quantitative estimate of drug-likeness (QED) is 0.638. The van der Waals surface area contributed by atoms with Gasteiger partial charge in [-0.25, -0.2) is 4.39 Å². The minimum atomic E-state index is -0.471. The van der Waals surface area contributed by atoms with Crippen molar-refractivity contribution in [3.8, 4) is 11.5 Å². The molecule has 2 heterocycles. The third-order valence-electron chi connectivity index (χ3n) is 1.36. The number of nitrogens with zero attached hydrogens (tertiary/aromatic N) is 3. The highest BCUT2D eigenvalue weighted by atomic mass is 19.1. The fraction of sp³-hybridized carbons (Fsp3) is 0. The maximum atomic E-state index is 13.0. The predicted octanol–water partition coefficient (Wildman–Crippen LogP) is 1.27. The van der Waals surface area contributed by atoms with Crippen molar-refractivity contribution in [1.29, 1.82) is 0 Å². The van der Waals surface area contributed by atoms with Gasteiger partial charge in [-0.2, -0.15) is 0 Å². The van der Waals surface area contributed by atoms with Crippen LogP contribution in [0.1, 0.15) is 0 Å². The second-order valence-corrected chi connectivity index (χ2v) is 2.10. The van der Waals surface area contributed by atoms with Gasteiger partial charge in [0.25, 0.3) is 5.89 Å². The average Bonchev–Trinajstić information content (AvgIpc) is 2.57. The molecule has 2 rings (SSSR count). The summed E-state index contributed by atoms with van der Waals surface area (Å²) < 4.78 is 17.8. The summed E-state index contributed by atoms with van der Waals surface area (Å²) in [5.41, 5.74) is 0.266. The van der Waals surface area contributed by atoms with Crippen molar-refractivity contribution >= 4 is 0 Å². The number of halogens is 1. The Balaban J connectivity index is 2.55. The Morgan fingerprint density at radius 2 is 2.33 bits per heavy atom. The van der Waals surface area contributed by atoms with Crippen LogP contribution < -0.4 is 0 Å². The van der Waals surface area contributed by atoms with E-state index in [4.69, 9.17) is 4.42 Å². The molecule has 0 saturated carbocycles. The van der Waals surface area contributed by atoms with Crippen molar-refractivity contribution in [1.82, 2.24) is 15.2 Å². The second kappa shape index (κ2) is 2.69. The van der Waals surface area contributed by atoms with Crippen LogP contribution in [0.25, 0.3) is 11.5 Å². The van der Waals surface area contributed by atoms with E-state index in [1.807, 2.05) is 0 Å². The molecule has 5 heteroatoms. The summed E-state index contributed by atoms with van der Waals surface area (Å²) in [5.74, 6) is -0.309. The van der Waals surface area contributed by atoms with E-state index in [0.717, 1.165) is 12.6 Å². The van der Waals surface area contributed by atoms with E-state index < -0.39 is 5.82 Å². The second-order valence-electron chi connectivity index (χ2n) is 2.10. The molecular weight excluding hydrogens is 161 g/mol. The molecule has 12 heavy (non-hydrogen) atoms. The summed E-state index contributed by atoms with van der Waals surface area (Å²) in [6.07, 6.45) is 3.71. The van der Waals surface area contributed by atoms with Crippen LogP contribution in [-0.2, 0) is 0 Å². The number of rotatable bonds is 1. The van der Waals surface area contributed by atoms with E-state index in [0.29, 0.717) is 0 Å². The van der Waals surface area contributed by atoms with Gasteiger partial charge in [0.2, 0.25) is 6.39 Å². The van der Waals surface area contributed by atoms with Gasteiger partial charge in [-0.05, 0) is 6.07 Å². The van der Waals surface area contributed by atoms with Gasteiger partial charge in [-0.1, -0.05) is 0 Å². The fourth-order valence-electron chi connectivity index (χ4n) is 0.839. The number of pyridine rings is 1. The van der Waals surface area contributed by atoms with E-state index in [1.54, 1.807) is 0 Å². The Bertz CT molecular complexity index is 374. The first-order valence-electron chi connectivity index (χ1n) is 3.24. The van der Waals surface area contributed by atoms with Crippen LogP contribution in [0.4, 0.5) is 4.39 Å². The van der Waals surface area contributed by atoms with Gasteiger partial charge in [0.15, 0.2) is 5.82 Å². The number of hydrogen-bond acceptors (Lipinski definition) is 4. The minimum absolute atomic E-state index is 0.162. The van der Waals surface area contributed by atoms with Crippen LogP contribution >= 0.6 is 0 Å². The maximum Gasteiger partial charge on any atom is 0.250 e. The molecule has 0 fully saturated rings. The maximum absolute atomic E-state index is 13.0. The minimum Gasteiger partial charge on any atom is -0.423 e. The zero-order valence-corrected chi connectivity index (χ0v) is 5.94. The Kier molecular flexibility index (Phi) is 1.55. The Hall–Kier alpha value is -1.78. The average molecular weight is 165 g/mol. The van der Waals surface area contributed by atoms with Gasteiger partial charge >= 0.3 is 0 Å². The Labute approximate surface area is 67.1 Å². The van der Waals surface area contributed by atoms with Gasteiger partial charge in [0, 0.05) is 6.20 Å². The first-order chi connectivity index (χ1) is 5.88. The molecule has 0 aromatic carbocycles. The molecule has 0 N–H and O–H groups in total. The summed E-state index contributed by atoms with van der Waals surface area (Å²) in [6.45, 7) is 0. The van der Waals surface area contributed by atoms with E-state index in [-0.39, 0.29) is 11.5 Å². The highest BCUT2D eigenvalue weighted by Gasteiger charge is 2.08. The van der Waals surface area contributed by atoms with Crippen molar-refractivity contribution in [2.24, 2.45) is 0 Å². The molecule has 0 aliphatic carbocycles. The fourth-order valence-corrected chi connectivity index (χ4v) is 0.839. The van der Waals surface area contributed by atoms with Gasteiger partial charge in [0.1, 0.15) is 0 Å². The molecule has 0 unspecified atom stereocenters. The normalized spacial score (nSPS) is 10.1. The number of hydrogen-bond donors (Lipinski definition) is 0. The lowest BCUT2D eigenvalue weighted by Gasteiger charge is -1.93. The molecule has 60 valence electrons. The van der Waals surface area contributed by atoms with E-state index >= 15 is 0 Å². The van der Waals surface area contributed by atoms with Crippen molar-refractivity contribution in [2.75, 3.05) is 0 Å². The van der Waals surface area contributed by atoms with Gasteiger partial charge in [-0.3, -0.25) is 4.98 Å². The van der Waals surface area contributed by atoms with Crippen LogP contribution in [-0.4, -0.2) is 15.2 Å². The molecule has 0 aliphatic rings. The SMILES string of the molecule is Fc1cnccc1-c1nnco1. The molecule has 0 saturated heterocycles. The summed E-state index contributed by atoms with van der Waals surface area (Å²) in [7, 11) is 0. The molecule has 0 amide bonds. The first-order valence-corrected chi connectivity index (χ1v) is 3.24. The summed E-state index contributed by atoms with van der Waals surface area (Å²) in [5, 5.41) is 7.00. The van der Waals surface area contributed by atoms with Gasteiger partial charge in [-0.15, -0.1) is 10.2 Å². The molecule has 0 atom stereocenters. The lowest BCUT2D eigenvalue weighted by atomic mass is 10.2. The van der Waals surface area contributed by atoms with E-state index in [1.165, 1.54) is 12.3 Å². The topological polar surface area (TPSA) is 51.8 Å². The first kappa shape index (κ1) is 6.90. The molecule has 2 aromatic rings. The van der Waals surface area contributed by atoms with E-state index in [2.05, 4.69) is 15.2 Å². The molecule has 0 aliphatic heterocycles. The van der Waals surface area contributed by atoms with Crippen LogP contribution in [0.2, 0.25) is 0 Å². The third-order valence-corrected chi connectivity index (χ3v) is 1.36. The monoisotopic (exact) mass is 165 g/mol. The summed E-state index contributed by atoms with van der Waals surface area (Å²) >= 11 is 0. The summed E-state index contributed by atoms with van der Waals surface area (Å²) in [4.78, 5) is 3.59. The Morgan fingerprint density at radius 3 is 3.00 bits per heavy atom. The highest BCUT2D eigenvalue weighted by Crippen LogP contribution is 2.17. The highest BCUT2D eigenvalue weighted by molar-refractivity contribution is 5.51. The zero-order valence-electron chi connectivity index (χ0n) is 5.94. The van der Waals surface area contributed by atoms with Crippen LogP contribution in [0.15, 0.2) is 29.3 Å². The van der Waals surface area contributed by atoms with Crippen molar-refractivity contribution < 1.29 is 8.81 Å². The molecule has 0 radical (unpaired) electrons. The lowest BCUT2D eigenvalue weighted by molar-refractivity contribution is 0.556. The van der Waals surface area contributed by atoms with Crippen molar-refractivity contribution in [2.45, 2.75) is 0 Å². The van der Waals surface area contributed by atoms with Crippen molar-refractivity contribution in [3.63, 3.8) is 0 Å². The smallest absolute Gasteiger partial charge is 0.250 e.